The summed E-state index contributed by atoms with van der Waals surface area (Å²) >= 11 is 0. The van der Waals surface area contributed by atoms with Crippen molar-refractivity contribution in [3.8, 4) is 6.07 Å². The van der Waals surface area contributed by atoms with Gasteiger partial charge in [0.1, 0.15) is 24.2 Å². The Morgan fingerprint density at radius 2 is 1.69 bits per heavy atom. The lowest BCUT2D eigenvalue weighted by atomic mass is 10.00. The second kappa shape index (κ2) is 12.2. The van der Waals surface area contributed by atoms with Gasteiger partial charge in [0.05, 0.1) is 12.7 Å². The summed E-state index contributed by atoms with van der Waals surface area (Å²) in [5.74, 6) is -1.33. The predicted octanol–water partition coefficient (Wildman–Crippen LogP) is 3.53. The van der Waals surface area contributed by atoms with Gasteiger partial charge < -0.3 is 25.4 Å². The fourth-order valence-electron chi connectivity index (χ4n) is 3.72. The average Bonchev–Trinajstić information content (AvgIpc) is 2.78. The maximum absolute atomic E-state index is 13.7. The van der Waals surface area contributed by atoms with E-state index in [4.69, 9.17) is 4.74 Å². The molecule has 36 heavy (non-hydrogen) atoms. The molecule has 2 aromatic carbocycles. The third kappa shape index (κ3) is 7.55. The first-order chi connectivity index (χ1) is 16.9. The zero-order chi connectivity index (χ0) is 27.0. The van der Waals surface area contributed by atoms with E-state index in [-0.39, 0.29) is 0 Å². The van der Waals surface area contributed by atoms with Crippen molar-refractivity contribution in [2.24, 2.45) is 0 Å². The second-order valence-electron chi connectivity index (χ2n) is 9.58. The van der Waals surface area contributed by atoms with E-state index in [0.717, 1.165) is 21.6 Å². The van der Waals surface area contributed by atoms with Gasteiger partial charge in [0.15, 0.2) is 0 Å². The van der Waals surface area contributed by atoms with Crippen LogP contribution in [0.25, 0.3) is 0 Å². The first-order valence-corrected chi connectivity index (χ1v) is 11.6. The molecule has 2 unspecified atom stereocenters. The standard InChI is InChI=1S/C27H34N4O5/c1-17-9-7-12-20(15-17)23(24(33)30-22-18(2)10-8-11-19(22)3)31(14-13-28)25(34)21(16-32)29-26(35)36-27(4,5)6/h7-12,15,21,23,32H,14,16H2,1-6H3,(H,29,35)(H,30,33). The number of para-hydroxylation sites is 1. The Hall–Kier alpha value is -3.90. The van der Waals surface area contributed by atoms with E-state index in [0.29, 0.717) is 11.3 Å². The molecule has 3 amide bonds. The quantitative estimate of drug-likeness (QED) is 0.481. The lowest BCUT2D eigenvalue weighted by molar-refractivity contribution is -0.140. The highest BCUT2D eigenvalue weighted by molar-refractivity contribution is 6.00. The number of nitrogens with one attached hydrogen (secondary N) is 2. The fourth-order valence-corrected chi connectivity index (χ4v) is 3.72. The topological polar surface area (TPSA) is 132 Å². The number of aliphatic hydroxyl groups excluding tert-OH is 1. The van der Waals surface area contributed by atoms with E-state index in [2.05, 4.69) is 10.6 Å². The molecular formula is C27H34N4O5. The summed E-state index contributed by atoms with van der Waals surface area (Å²) in [5.41, 5.74) is 2.79. The number of nitrogens with zero attached hydrogens (tertiary/aromatic N) is 2. The van der Waals surface area contributed by atoms with Crippen molar-refractivity contribution < 1.29 is 24.2 Å². The SMILES string of the molecule is Cc1cccc(C(C(=O)Nc2c(C)cccc2C)N(CC#N)C(=O)C(CO)NC(=O)OC(C)(C)C)c1. The molecule has 9 nitrogen and oxygen atoms in total. The number of hydrogen-bond donors (Lipinski definition) is 3. The summed E-state index contributed by atoms with van der Waals surface area (Å²) in [6, 6.07) is 11.9. The van der Waals surface area contributed by atoms with Gasteiger partial charge in [-0.3, -0.25) is 9.59 Å². The lowest BCUT2D eigenvalue weighted by Gasteiger charge is -2.32. The molecule has 192 valence electrons. The Morgan fingerprint density at radius 1 is 1.08 bits per heavy atom. The molecule has 0 radical (unpaired) electrons. The first kappa shape index (κ1) is 28.3. The Bertz CT molecular complexity index is 1130. The molecule has 0 spiro atoms. The molecule has 0 aliphatic heterocycles. The molecule has 0 saturated carbocycles. The van der Waals surface area contributed by atoms with Crippen LogP contribution in [0.1, 0.15) is 49.1 Å². The molecule has 0 aliphatic carbocycles. The Morgan fingerprint density at radius 3 is 2.22 bits per heavy atom. The van der Waals surface area contributed by atoms with E-state index in [9.17, 15) is 24.8 Å². The van der Waals surface area contributed by atoms with Crippen LogP contribution in [-0.2, 0) is 14.3 Å². The van der Waals surface area contributed by atoms with Crippen molar-refractivity contribution in [3.63, 3.8) is 0 Å². The van der Waals surface area contributed by atoms with Crippen LogP contribution in [0.4, 0.5) is 10.5 Å². The van der Waals surface area contributed by atoms with Gasteiger partial charge in [-0.25, -0.2) is 4.79 Å². The van der Waals surface area contributed by atoms with Crippen LogP contribution >= 0.6 is 0 Å². The minimum Gasteiger partial charge on any atom is -0.444 e. The monoisotopic (exact) mass is 494 g/mol. The van der Waals surface area contributed by atoms with Crippen molar-refractivity contribution in [2.45, 2.75) is 59.2 Å². The van der Waals surface area contributed by atoms with Gasteiger partial charge in [-0.2, -0.15) is 5.26 Å². The average molecular weight is 495 g/mol. The summed E-state index contributed by atoms with van der Waals surface area (Å²) in [5, 5.41) is 24.7. The summed E-state index contributed by atoms with van der Waals surface area (Å²) in [6.45, 7) is 9.34. The summed E-state index contributed by atoms with van der Waals surface area (Å²) in [6.07, 6.45) is -0.904. The first-order valence-electron chi connectivity index (χ1n) is 11.6. The van der Waals surface area contributed by atoms with Gasteiger partial charge in [-0.05, 0) is 58.2 Å². The number of alkyl carbamates (subject to hydrolysis) is 1. The molecule has 2 aromatic rings. The van der Waals surface area contributed by atoms with Gasteiger partial charge in [-0.15, -0.1) is 0 Å². The lowest BCUT2D eigenvalue weighted by Crippen LogP contribution is -2.54. The van der Waals surface area contributed by atoms with Crippen molar-refractivity contribution in [1.29, 1.82) is 5.26 Å². The third-order valence-corrected chi connectivity index (χ3v) is 5.34. The number of rotatable bonds is 8. The van der Waals surface area contributed by atoms with Crippen molar-refractivity contribution in [2.75, 3.05) is 18.5 Å². The van der Waals surface area contributed by atoms with Crippen LogP contribution in [0.3, 0.4) is 0 Å². The number of ether oxygens (including phenoxy) is 1. The van der Waals surface area contributed by atoms with E-state index in [1.165, 1.54) is 0 Å². The van der Waals surface area contributed by atoms with Crippen LogP contribution in [0, 0.1) is 32.1 Å². The molecular weight excluding hydrogens is 460 g/mol. The number of benzene rings is 2. The van der Waals surface area contributed by atoms with Crippen molar-refractivity contribution in [3.05, 3.63) is 64.7 Å². The van der Waals surface area contributed by atoms with Crippen LogP contribution in [0.2, 0.25) is 0 Å². The van der Waals surface area contributed by atoms with Gasteiger partial charge >= 0.3 is 6.09 Å². The number of anilines is 1. The smallest absolute Gasteiger partial charge is 0.408 e. The number of aryl methyl sites for hydroxylation is 3. The minimum atomic E-state index is -1.42. The van der Waals surface area contributed by atoms with Crippen LogP contribution in [0.15, 0.2) is 42.5 Å². The summed E-state index contributed by atoms with van der Waals surface area (Å²) in [4.78, 5) is 40.5. The highest BCUT2D eigenvalue weighted by atomic mass is 16.6. The molecule has 9 heteroatoms. The van der Waals surface area contributed by atoms with Crippen LogP contribution in [-0.4, -0.2) is 52.7 Å². The molecule has 0 bridgehead atoms. The highest BCUT2D eigenvalue weighted by Crippen LogP contribution is 2.27. The van der Waals surface area contributed by atoms with E-state index >= 15 is 0 Å². The molecule has 2 atom stereocenters. The molecule has 3 N–H and O–H groups in total. The predicted molar refractivity (Wildman–Crippen MR) is 136 cm³/mol. The van der Waals surface area contributed by atoms with Gasteiger partial charge in [-0.1, -0.05) is 48.0 Å². The van der Waals surface area contributed by atoms with Crippen molar-refractivity contribution >= 4 is 23.6 Å². The zero-order valence-corrected chi connectivity index (χ0v) is 21.6. The molecule has 0 aliphatic rings. The number of carbonyl (C=O) groups excluding carboxylic acids is 3. The van der Waals surface area contributed by atoms with E-state index < -0.39 is 48.7 Å². The molecule has 0 saturated heterocycles. The Balaban J connectivity index is 2.49. The second-order valence-corrected chi connectivity index (χ2v) is 9.58. The zero-order valence-electron chi connectivity index (χ0n) is 21.6. The van der Waals surface area contributed by atoms with Crippen molar-refractivity contribution in [1.82, 2.24) is 10.2 Å². The normalized spacial score (nSPS) is 12.6. The van der Waals surface area contributed by atoms with Crippen LogP contribution in [0.5, 0.6) is 0 Å². The van der Waals surface area contributed by atoms with Crippen LogP contribution < -0.4 is 10.6 Å². The molecule has 0 heterocycles. The maximum Gasteiger partial charge on any atom is 0.408 e. The largest absolute Gasteiger partial charge is 0.444 e. The Labute approximate surface area is 212 Å². The van der Waals surface area contributed by atoms with E-state index in [1.54, 1.807) is 39.0 Å². The number of carbonyl (C=O) groups is 3. The third-order valence-electron chi connectivity index (χ3n) is 5.34. The molecule has 0 fully saturated rings. The van der Waals surface area contributed by atoms with Gasteiger partial charge in [0.2, 0.25) is 5.91 Å². The van der Waals surface area contributed by atoms with E-state index in [1.807, 2.05) is 51.1 Å². The number of nitriles is 1. The summed E-state index contributed by atoms with van der Waals surface area (Å²) < 4.78 is 5.20. The minimum absolute atomic E-state index is 0.454. The maximum atomic E-state index is 13.7. The molecule has 0 aromatic heterocycles. The van der Waals surface area contributed by atoms with Gasteiger partial charge in [0, 0.05) is 5.69 Å². The Kier molecular flexibility index (Phi) is 9.59. The number of amides is 3. The number of aliphatic hydroxyl groups is 1. The highest BCUT2D eigenvalue weighted by Gasteiger charge is 2.36. The number of hydrogen-bond acceptors (Lipinski definition) is 6. The van der Waals surface area contributed by atoms with Gasteiger partial charge in [0.25, 0.3) is 5.91 Å². The molecule has 2 rings (SSSR count). The fraction of sp³-hybridized carbons (Fsp3) is 0.407. The summed E-state index contributed by atoms with van der Waals surface area (Å²) in [7, 11) is 0.